The van der Waals surface area contributed by atoms with Crippen LogP contribution in [0.2, 0.25) is 0 Å². The summed E-state index contributed by atoms with van der Waals surface area (Å²) in [7, 11) is 0. The second-order valence-electron chi connectivity index (χ2n) is 5.77. The average Bonchev–Trinajstić information content (AvgIpc) is 2.67. The number of nitrogens with one attached hydrogen (secondary N) is 1. The zero-order valence-electron chi connectivity index (χ0n) is 15.7. The molecule has 0 aromatic carbocycles. The first kappa shape index (κ1) is 23.7. The molecule has 156 valence electrons. The first-order valence-electron chi connectivity index (χ1n) is 8.44. The second kappa shape index (κ2) is 11.5. The van der Waals surface area contributed by atoms with Crippen LogP contribution in [0.5, 0.6) is 0 Å². The third-order valence-electron chi connectivity index (χ3n) is 3.33. The molecule has 0 aliphatic rings. The van der Waals surface area contributed by atoms with E-state index in [4.69, 9.17) is 5.11 Å². The van der Waals surface area contributed by atoms with Gasteiger partial charge in [-0.15, -0.1) is 0 Å². The normalized spacial score (nSPS) is 10.5. The fourth-order valence-electron chi connectivity index (χ4n) is 1.71. The number of nitrogens with zero attached hydrogens (tertiary/aromatic N) is 4. The quantitative estimate of drug-likeness (QED) is 0.530. The monoisotopic (exact) mass is 412 g/mol. The van der Waals surface area contributed by atoms with Crippen molar-refractivity contribution < 1.29 is 32.5 Å². The van der Waals surface area contributed by atoms with E-state index in [9.17, 15) is 22.8 Å². The van der Waals surface area contributed by atoms with Crippen LogP contribution in [0.25, 0.3) is 0 Å². The number of aliphatic carboxylic acids is 1. The van der Waals surface area contributed by atoms with Gasteiger partial charge in [0.25, 0.3) is 5.91 Å². The van der Waals surface area contributed by atoms with Gasteiger partial charge in [-0.25, -0.2) is 9.97 Å². The van der Waals surface area contributed by atoms with E-state index in [-0.39, 0.29) is 18.9 Å². The van der Waals surface area contributed by atoms with Crippen molar-refractivity contribution >= 4 is 11.9 Å². The van der Waals surface area contributed by atoms with E-state index < -0.39 is 17.7 Å². The van der Waals surface area contributed by atoms with Crippen LogP contribution >= 0.6 is 0 Å². The number of carboxylic acids is 1. The maximum absolute atomic E-state index is 11.9. The van der Waals surface area contributed by atoms with Crippen molar-refractivity contribution in [2.45, 2.75) is 32.5 Å². The van der Waals surface area contributed by atoms with Crippen LogP contribution in [0, 0.1) is 0 Å². The minimum Gasteiger partial charge on any atom is -0.481 e. The Kier molecular flexibility index (Phi) is 9.36. The van der Waals surface area contributed by atoms with Gasteiger partial charge in [0.1, 0.15) is 18.4 Å². The summed E-state index contributed by atoms with van der Waals surface area (Å²) in [6.45, 7) is 4.33. The first-order chi connectivity index (χ1) is 13.6. The molecule has 11 heteroatoms. The first-order valence-corrected chi connectivity index (χ1v) is 8.44. The molecule has 2 aromatic heterocycles. The molecule has 0 radical (unpaired) electrons. The van der Waals surface area contributed by atoms with Gasteiger partial charge in [-0.05, 0) is 18.1 Å². The van der Waals surface area contributed by atoms with Crippen LogP contribution in [0.15, 0.2) is 49.1 Å². The molecule has 2 rings (SSSR count). The van der Waals surface area contributed by atoms with Crippen LogP contribution < -0.4 is 10.00 Å². The van der Waals surface area contributed by atoms with Crippen molar-refractivity contribution in [1.82, 2.24) is 20.4 Å². The standard InChI is InChI=1S/C14H15N5O3.C4H5F3/c20-13(21)4-9-19-8-3-11(10-18-19)14(22)17-7-2-12-15-5-1-6-16-12;1-3(2)4(5,6)7/h1,3,5-6,8,10H,2,4,7,9H2,(H-,17,20,21,22);1H2,2H3/p+1. The Morgan fingerprint density at radius 2 is 1.90 bits per heavy atom. The number of aromatic nitrogens is 4. The number of hydrogen-bond acceptors (Lipinski definition) is 5. The zero-order valence-corrected chi connectivity index (χ0v) is 15.7. The number of allylic oxidation sites excluding steroid dienone is 1. The molecule has 0 saturated carbocycles. The Bertz CT molecular complexity index is 812. The fourth-order valence-corrected chi connectivity index (χ4v) is 1.71. The topological polar surface area (TPSA) is 109 Å². The van der Waals surface area contributed by atoms with Gasteiger partial charge in [0, 0.05) is 37.0 Å². The lowest BCUT2D eigenvalue weighted by Gasteiger charge is -2.03. The summed E-state index contributed by atoms with van der Waals surface area (Å²) < 4.78 is 34.7. The third kappa shape index (κ3) is 9.94. The Morgan fingerprint density at radius 1 is 1.28 bits per heavy atom. The summed E-state index contributed by atoms with van der Waals surface area (Å²) in [6, 6.07) is 3.33. The molecule has 29 heavy (non-hydrogen) atoms. The van der Waals surface area contributed by atoms with E-state index in [1.807, 2.05) is 0 Å². The number of carboxylic acid groups (broad SMARTS) is 1. The molecule has 2 aromatic rings. The fraction of sp³-hybridized carbons (Fsp3) is 0.333. The van der Waals surface area contributed by atoms with E-state index in [0.717, 1.165) is 6.92 Å². The zero-order chi connectivity index (χ0) is 21.9. The highest BCUT2D eigenvalue weighted by atomic mass is 19.4. The molecule has 0 spiro atoms. The molecular weight excluding hydrogens is 391 g/mol. The van der Waals surface area contributed by atoms with Crippen molar-refractivity contribution in [3.05, 3.63) is 60.5 Å². The highest BCUT2D eigenvalue weighted by Gasteiger charge is 2.27. The predicted molar refractivity (Wildman–Crippen MR) is 95.6 cm³/mol. The molecule has 8 nitrogen and oxygen atoms in total. The highest BCUT2D eigenvalue weighted by Crippen LogP contribution is 2.22. The van der Waals surface area contributed by atoms with Gasteiger partial charge in [0.15, 0.2) is 12.7 Å². The molecule has 0 atom stereocenters. The van der Waals surface area contributed by atoms with E-state index in [0.29, 0.717) is 24.4 Å². The van der Waals surface area contributed by atoms with Crippen LogP contribution in [0.4, 0.5) is 13.2 Å². The lowest BCUT2D eigenvalue weighted by molar-refractivity contribution is -0.753. The molecule has 1 amide bonds. The Morgan fingerprint density at radius 3 is 2.38 bits per heavy atom. The third-order valence-corrected chi connectivity index (χ3v) is 3.33. The van der Waals surface area contributed by atoms with E-state index in [1.54, 1.807) is 30.7 Å². The van der Waals surface area contributed by atoms with Crippen molar-refractivity contribution in [3.63, 3.8) is 0 Å². The van der Waals surface area contributed by atoms with Crippen LogP contribution in [0.3, 0.4) is 0 Å². The Labute approximate surface area is 165 Å². The van der Waals surface area contributed by atoms with Crippen LogP contribution in [-0.2, 0) is 17.8 Å². The van der Waals surface area contributed by atoms with E-state index >= 15 is 0 Å². The lowest BCUT2D eigenvalue weighted by atomic mass is 10.3. The lowest BCUT2D eigenvalue weighted by Crippen LogP contribution is -2.39. The number of hydrogen-bond donors (Lipinski definition) is 2. The van der Waals surface area contributed by atoms with Gasteiger partial charge in [-0.2, -0.15) is 13.2 Å². The largest absolute Gasteiger partial charge is 0.481 e. The van der Waals surface area contributed by atoms with E-state index in [2.05, 4.69) is 27.0 Å². The number of carbonyl (C=O) groups is 2. The minimum absolute atomic E-state index is 0.0136. The van der Waals surface area contributed by atoms with Crippen molar-refractivity contribution in [1.29, 1.82) is 0 Å². The Hall–Kier alpha value is -3.37. The number of halogens is 3. The molecular formula is C18H21F3N5O3+. The smallest absolute Gasteiger partial charge is 0.411 e. The average molecular weight is 412 g/mol. The number of rotatable bonds is 7. The van der Waals surface area contributed by atoms with Gasteiger partial charge >= 0.3 is 12.1 Å². The minimum atomic E-state index is -4.19. The van der Waals surface area contributed by atoms with Crippen LogP contribution in [0.1, 0.15) is 29.5 Å². The van der Waals surface area contributed by atoms with Crippen molar-refractivity contribution in [3.8, 4) is 0 Å². The number of aryl methyl sites for hydroxylation is 1. The predicted octanol–water partition coefficient (Wildman–Crippen LogP) is 1.73. The van der Waals surface area contributed by atoms with Gasteiger partial charge < -0.3 is 10.4 Å². The van der Waals surface area contributed by atoms with Crippen molar-refractivity contribution in [2.24, 2.45) is 0 Å². The summed E-state index contributed by atoms with van der Waals surface area (Å²) in [6.07, 6.45) is 2.64. The summed E-state index contributed by atoms with van der Waals surface area (Å²) in [5.41, 5.74) is -0.340. The number of alkyl halides is 3. The SMILES string of the molecule is C=C(C)C(F)(F)F.O=C(O)CC[n+]1ccc(C(=O)NCCc2ncccn2)cn1. The van der Waals surface area contributed by atoms with Gasteiger partial charge in [0.2, 0.25) is 0 Å². The number of amides is 1. The van der Waals surface area contributed by atoms with Crippen LogP contribution in [-0.4, -0.2) is 44.8 Å². The maximum Gasteiger partial charge on any atom is 0.411 e. The molecule has 0 fully saturated rings. The molecule has 0 bridgehead atoms. The molecule has 2 heterocycles. The van der Waals surface area contributed by atoms with Gasteiger partial charge in [-0.3, -0.25) is 9.59 Å². The molecule has 0 aliphatic heterocycles. The van der Waals surface area contributed by atoms with E-state index in [1.165, 1.54) is 10.9 Å². The second-order valence-corrected chi connectivity index (χ2v) is 5.77. The summed E-state index contributed by atoms with van der Waals surface area (Å²) in [4.78, 5) is 30.5. The van der Waals surface area contributed by atoms with Gasteiger partial charge in [0.05, 0.1) is 5.56 Å². The summed E-state index contributed by atoms with van der Waals surface area (Å²) in [5.74, 6) is -0.464. The molecule has 0 aliphatic carbocycles. The number of carbonyl (C=O) groups excluding carboxylic acids is 1. The highest BCUT2D eigenvalue weighted by molar-refractivity contribution is 5.93. The maximum atomic E-state index is 11.9. The molecule has 0 unspecified atom stereocenters. The van der Waals surface area contributed by atoms with Crippen molar-refractivity contribution in [2.75, 3.05) is 6.54 Å². The Balaban J connectivity index is 0.000000516. The van der Waals surface area contributed by atoms with Gasteiger partial charge in [-0.1, -0.05) is 11.3 Å². The summed E-state index contributed by atoms with van der Waals surface area (Å²) >= 11 is 0. The molecule has 0 saturated heterocycles. The summed E-state index contributed by atoms with van der Waals surface area (Å²) in [5, 5.41) is 15.4. The molecule has 2 N–H and O–H groups in total.